The summed E-state index contributed by atoms with van der Waals surface area (Å²) in [5.74, 6) is -1.50. The van der Waals surface area contributed by atoms with E-state index in [1.165, 1.54) is 7.11 Å². The molecule has 0 saturated carbocycles. The van der Waals surface area contributed by atoms with E-state index in [0.29, 0.717) is 12.1 Å². The van der Waals surface area contributed by atoms with Crippen LogP contribution in [0.2, 0.25) is 0 Å². The minimum atomic E-state index is -4.85. The summed E-state index contributed by atoms with van der Waals surface area (Å²) in [4.78, 5) is 4.50. The summed E-state index contributed by atoms with van der Waals surface area (Å²) in [6.45, 7) is 0. The molecule has 0 radical (unpaired) electrons. The molecule has 0 heterocycles. The third-order valence-corrected chi connectivity index (χ3v) is 2.99. The number of halogens is 7. The molecular weight excluding hydrogens is 332 g/mol. The highest BCUT2D eigenvalue weighted by Gasteiger charge is 2.35. The summed E-state index contributed by atoms with van der Waals surface area (Å²) in [5, 5.41) is -0.310. The quantitative estimate of drug-likeness (QED) is 0.607. The molecule has 106 valence electrons. The molecule has 9 heteroatoms. The molecule has 1 rings (SSSR count). The van der Waals surface area contributed by atoms with Gasteiger partial charge in [-0.2, -0.15) is 13.2 Å². The molecule has 0 amide bonds. The Labute approximate surface area is 120 Å². The van der Waals surface area contributed by atoms with E-state index in [4.69, 9.17) is 34.8 Å². The van der Waals surface area contributed by atoms with E-state index in [9.17, 15) is 17.6 Å². The van der Waals surface area contributed by atoms with Gasteiger partial charge >= 0.3 is 6.18 Å². The second-order valence-corrected chi connectivity index (χ2v) is 4.58. The van der Waals surface area contributed by atoms with Gasteiger partial charge in [-0.15, -0.1) is 0 Å². The number of alkyl halides is 3. The van der Waals surface area contributed by atoms with E-state index < -0.39 is 22.0 Å². The van der Waals surface area contributed by atoms with Crippen LogP contribution >= 0.6 is 34.8 Å². The number of benzene rings is 1. The maximum atomic E-state index is 13.4. The van der Waals surface area contributed by atoms with E-state index in [-0.39, 0.29) is 16.3 Å². The van der Waals surface area contributed by atoms with Gasteiger partial charge in [-0.25, -0.2) is 4.39 Å². The molecule has 1 aromatic carbocycles. The van der Waals surface area contributed by atoms with E-state index in [2.05, 4.69) is 10.3 Å². The molecule has 0 spiro atoms. The van der Waals surface area contributed by atoms with Gasteiger partial charge in [-0.3, -0.25) is 10.3 Å². The van der Waals surface area contributed by atoms with Crippen LogP contribution in [0.25, 0.3) is 5.03 Å². The molecule has 0 saturated heterocycles. The molecular formula is C10H6Cl3F4NO. The fourth-order valence-corrected chi connectivity index (χ4v) is 1.63. The van der Waals surface area contributed by atoms with Crippen molar-refractivity contribution in [1.29, 1.82) is 0 Å². The highest BCUT2D eigenvalue weighted by molar-refractivity contribution is 6.67. The molecule has 0 bridgehead atoms. The van der Waals surface area contributed by atoms with Crippen molar-refractivity contribution in [2.45, 2.75) is 6.18 Å². The van der Waals surface area contributed by atoms with Crippen LogP contribution in [-0.4, -0.2) is 7.11 Å². The van der Waals surface area contributed by atoms with Gasteiger partial charge < -0.3 is 0 Å². The lowest BCUT2D eigenvalue weighted by Crippen LogP contribution is -2.10. The molecule has 0 unspecified atom stereocenters. The van der Waals surface area contributed by atoms with E-state index in [0.717, 1.165) is 0 Å². The largest absolute Gasteiger partial charge is 0.419 e. The summed E-state index contributed by atoms with van der Waals surface area (Å²) in [6, 6.07) is 1.07. The molecule has 0 aliphatic carbocycles. The molecule has 1 aromatic rings. The zero-order valence-corrected chi connectivity index (χ0v) is 11.5. The van der Waals surface area contributed by atoms with Crippen LogP contribution in [0.1, 0.15) is 11.1 Å². The fraction of sp³-hybridized carbons (Fsp3) is 0.200. The molecule has 0 aliphatic heterocycles. The minimum absolute atomic E-state index is 0.158. The van der Waals surface area contributed by atoms with Crippen molar-refractivity contribution in [2.24, 2.45) is 0 Å². The van der Waals surface area contributed by atoms with Crippen LogP contribution in [0.3, 0.4) is 0 Å². The van der Waals surface area contributed by atoms with Gasteiger partial charge in [-0.05, 0) is 12.1 Å². The maximum absolute atomic E-state index is 13.4. The van der Waals surface area contributed by atoms with Gasteiger partial charge in [0.15, 0.2) is 0 Å². The Bertz CT molecular complexity index is 512. The maximum Gasteiger partial charge on any atom is 0.419 e. The SMILES string of the molecule is CONc1cc(C(F)(F)F)c(F)cc1C(Cl)=C(Cl)Cl. The predicted octanol–water partition coefficient (Wildman–Crippen LogP) is 5.16. The summed E-state index contributed by atoms with van der Waals surface area (Å²) in [7, 11) is 1.17. The summed E-state index contributed by atoms with van der Waals surface area (Å²) < 4.78 is 50.7. The predicted molar refractivity (Wildman–Crippen MR) is 66.5 cm³/mol. The first-order valence-corrected chi connectivity index (χ1v) is 5.72. The smallest absolute Gasteiger partial charge is 0.279 e. The van der Waals surface area contributed by atoms with Crippen molar-refractivity contribution < 1.29 is 22.4 Å². The van der Waals surface area contributed by atoms with E-state index in [1.807, 2.05) is 0 Å². The molecule has 0 atom stereocenters. The first-order valence-electron chi connectivity index (χ1n) is 4.59. The Balaban J connectivity index is 3.51. The average molecular weight is 339 g/mol. The second kappa shape index (κ2) is 6.17. The van der Waals surface area contributed by atoms with Crippen LogP contribution in [0.15, 0.2) is 16.6 Å². The van der Waals surface area contributed by atoms with Crippen LogP contribution in [0, 0.1) is 5.82 Å². The number of anilines is 1. The first kappa shape index (κ1) is 16.4. The summed E-state index contributed by atoms with van der Waals surface area (Å²) >= 11 is 16.5. The van der Waals surface area contributed by atoms with Gasteiger partial charge in [0, 0.05) is 5.56 Å². The lowest BCUT2D eigenvalue weighted by Gasteiger charge is -2.14. The van der Waals surface area contributed by atoms with E-state index >= 15 is 0 Å². The van der Waals surface area contributed by atoms with Crippen molar-refractivity contribution in [1.82, 2.24) is 0 Å². The van der Waals surface area contributed by atoms with Crippen molar-refractivity contribution in [2.75, 3.05) is 12.6 Å². The summed E-state index contributed by atoms with van der Waals surface area (Å²) in [6.07, 6.45) is -4.85. The van der Waals surface area contributed by atoms with Crippen molar-refractivity contribution in [3.8, 4) is 0 Å². The Kier molecular flexibility index (Phi) is 5.32. The molecule has 1 N–H and O–H groups in total. The third kappa shape index (κ3) is 3.89. The highest BCUT2D eigenvalue weighted by atomic mass is 35.5. The summed E-state index contributed by atoms with van der Waals surface area (Å²) in [5.41, 5.74) is 0.302. The molecule has 0 fully saturated rings. The van der Waals surface area contributed by atoms with Gasteiger partial charge in [0.2, 0.25) is 0 Å². The molecule has 19 heavy (non-hydrogen) atoms. The average Bonchev–Trinajstić information content (AvgIpc) is 2.28. The van der Waals surface area contributed by atoms with Crippen molar-refractivity contribution in [3.63, 3.8) is 0 Å². The van der Waals surface area contributed by atoms with Crippen LogP contribution in [-0.2, 0) is 11.0 Å². The van der Waals surface area contributed by atoms with Crippen molar-refractivity contribution in [3.05, 3.63) is 33.6 Å². The normalized spacial score (nSPS) is 11.4. The second-order valence-electron chi connectivity index (χ2n) is 3.26. The molecule has 2 nitrogen and oxygen atoms in total. The standard InChI is InChI=1S/C10H6Cl3F4NO/c1-19-18-7-3-5(10(15,16)17)6(14)2-4(7)8(11)9(12)13/h2-3,18H,1H3. The monoisotopic (exact) mass is 337 g/mol. The molecule has 0 aliphatic rings. The van der Waals surface area contributed by atoms with Gasteiger partial charge in [0.1, 0.15) is 10.3 Å². The van der Waals surface area contributed by atoms with Gasteiger partial charge in [0.05, 0.1) is 23.4 Å². The van der Waals surface area contributed by atoms with Gasteiger partial charge in [-0.1, -0.05) is 34.8 Å². The van der Waals surface area contributed by atoms with Crippen LogP contribution in [0.5, 0.6) is 0 Å². The molecule has 0 aromatic heterocycles. The number of hydrogen-bond acceptors (Lipinski definition) is 2. The Hall–Kier alpha value is -0.690. The Morgan fingerprint density at radius 2 is 1.79 bits per heavy atom. The number of rotatable bonds is 3. The van der Waals surface area contributed by atoms with Gasteiger partial charge in [0.25, 0.3) is 0 Å². The number of hydrogen-bond donors (Lipinski definition) is 1. The number of nitrogens with one attached hydrogen (secondary N) is 1. The van der Waals surface area contributed by atoms with Crippen LogP contribution in [0.4, 0.5) is 23.2 Å². The first-order chi connectivity index (χ1) is 8.68. The lowest BCUT2D eigenvalue weighted by molar-refractivity contribution is -0.139. The third-order valence-electron chi connectivity index (χ3n) is 2.03. The zero-order valence-electron chi connectivity index (χ0n) is 9.21. The zero-order chi connectivity index (χ0) is 14.8. The van der Waals surface area contributed by atoms with Crippen LogP contribution < -0.4 is 5.48 Å². The lowest BCUT2D eigenvalue weighted by atomic mass is 10.1. The Morgan fingerprint density at radius 1 is 1.21 bits per heavy atom. The van der Waals surface area contributed by atoms with E-state index in [1.54, 1.807) is 0 Å². The minimum Gasteiger partial charge on any atom is -0.279 e. The fourth-order valence-electron chi connectivity index (χ4n) is 1.27. The topological polar surface area (TPSA) is 21.3 Å². The van der Waals surface area contributed by atoms with Crippen molar-refractivity contribution >= 4 is 45.5 Å². The highest BCUT2D eigenvalue weighted by Crippen LogP contribution is 2.39. The Morgan fingerprint density at radius 3 is 2.21 bits per heavy atom.